The molecule has 0 unspecified atom stereocenters. The highest BCUT2D eigenvalue weighted by Crippen LogP contribution is 2.29. The number of halogens is 3. The summed E-state index contributed by atoms with van der Waals surface area (Å²) in [7, 11) is 0. The monoisotopic (exact) mass is 384 g/mol. The molecule has 0 aliphatic rings. The summed E-state index contributed by atoms with van der Waals surface area (Å²) < 4.78 is 47.5. The Hall–Kier alpha value is -3.30. The van der Waals surface area contributed by atoms with Gasteiger partial charge in [0.2, 0.25) is 0 Å². The molecule has 3 amide bonds. The fourth-order valence-electron chi connectivity index (χ4n) is 2.01. The lowest BCUT2D eigenvalue weighted by molar-refractivity contribution is -0.147. The molecule has 2 rings (SSSR count). The Bertz CT molecular complexity index is 803. The normalized spacial score (nSPS) is 10.9. The maximum atomic E-state index is 12.6. The van der Waals surface area contributed by atoms with E-state index in [1.165, 1.54) is 18.4 Å². The minimum atomic E-state index is -4.52. The van der Waals surface area contributed by atoms with Crippen molar-refractivity contribution in [2.24, 2.45) is 0 Å². The van der Waals surface area contributed by atoms with Crippen molar-refractivity contribution in [2.75, 3.05) is 6.61 Å². The van der Waals surface area contributed by atoms with E-state index in [1.54, 1.807) is 12.1 Å². The van der Waals surface area contributed by atoms with Crippen LogP contribution in [0.5, 0.6) is 0 Å². The highest BCUT2D eigenvalue weighted by Gasteiger charge is 2.30. The lowest BCUT2D eigenvalue weighted by atomic mass is 10.1. The number of hydrogen-bond donors (Lipinski definition) is 2. The van der Waals surface area contributed by atoms with Crippen LogP contribution in [0, 0.1) is 0 Å². The third-order valence-electron chi connectivity index (χ3n) is 3.22. The molecule has 2 N–H and O–H groups in total. The number of benzene rings is 1. The molecule has 1 aromatic heterocycles. The van der Waals surface area contributed by atoms with Gasteiger partial charge in [-0.05, 0) is 23.8 Å². The highest BCUT2D eigenvalue weighted by molar-refractivity contribution is 5.95. The molecule has 27 heavy (non-hydrogen) atoms. The van der Waals surface area contributed by atoms with E-state index in [1.807, 2.05) is 5.32 Å². The van der Waals surface area contributed by atoms with Gasteiger partial charge in [-0.1, -0.05) is 18.2 Å². The van der Waals surface area contributed by atoms with Crippen molar-refractivity contribution >= 4 is 17.9 Å². The molecule has 0 aliphatic carbocycles. The summed E-state index contributed by atoms with van der Waals surface area (Å²) >= 11 is 0. The summed E-state index contributed by atoms with van der Waals surface area (Å²) in [4.78, 5) is 34.7. The average molecular weight is 384 g/mol. The quantitative estimate of drug-likeness (QED) is 0.746. The summed E-state index contributed by atoms with van der Waals surface area (Å²) in [6, 6.07) is 6.64. The molecule has 0 aliphatic heterocycles. The van der Waals surface area contributed by atoms with Crippen LogP contribution < -0.4 is 10.6 Å². The number of rotatable bonds is 6. The van der Waals surface area contributed by atoms with E-state index < -0.39 is 42.7 Å². The van der Waals surface area contributed by atoms with Gasteiger partial charge in [0.15, 0.2) is 6.61 Å². The zero-order valence-electron chi connectivity index (χ0n) is 13.8. The second kappa shape index (κ2) is 8.88. The van der Waals surface area contributed by atoms with Gasteiger partial charge in [-0.3, -0.25) is 14.9 Å². The number of imide groups is 1. The minimum Gasteiger partial charge on any atom is -0.467 e. The van der Waals surface area contributed by atoms with Gasteiger partial charge in [0.05, 0.1) is 24.8 Å². The smallest absolute Gasteiger partial charge is 0.416 e. The molecule has 0 fully saturated rings. The number of amides is 3. The summed E-state index contributed by atoms with van der Waals surface area (Å²) in [5.41, 5.74) is -0.801. The second-order valence-electron chi connectivity index (χ2n) is 5.35. The molecule has 0 bridgehead atoms. The molecular formula is C17H15F3N2O5. The van der Waals surface area contributed by atoms with Crippen LogP contribution in [0.15, 0.2) is 47.1 Å². The number of carbonyl (C=O) groups is 3. The van der Waals surface area contributed by atoms with Gasteiger partial charge in [0.1, 0.15) is 5.76 Å². The average Bonchev–Trinajstić information content (AvgIpc) is 3.11. The number of hydrogen-bond acceptors (Lipinski definition) is 5. The van der Waals surface area contributed by atoms with Gasteiger partial charge in [0.25, 0.3) is 5.91 Å². The predicted octanol–water partition coefficient (Wildman–Crippen LogP) is 2.41. The van der Waals surface area contributed by atoms with E-state index in [0.717, 1.165) is 12.1 Å². The molecule has 0 radical (unpaired) electrons. The third kappa shape index (κ3) is 6.84. The van der Waals surface area contributed by atoms with Crippen molar-refractivity contribution < 1.29 is 36.7 Å². The molecule has 0 spiro atoms. The molecule has 10 heteroatoms. The van der Waals surface area contributed by atoms with Crippen molar-refractivity contribution in [3.63, 3.8) is 0 Å². The zero-order valence-corrected chi connectivity index (χ0v) is 13.8. The fourth-order valence-corrected chi connectivity index (χ4v) is 2.01. The van der Waals surface area contributed by atoms with Gasteiger partial charge >= 0.3 is 18.2 Å². The van der Waals surface area contributed by atoms with E-state index in [-0.39, 0.29) is 12.1 Å². The Labute approximate surface area is 151 Å². The first-order valence-corrected chi connectivity index (χ1v) is 7.66. The molecule has 2 aromatic rings. The summed E-state index contributed by atoms with van der Waals surface area (Å²) in [6.07, 6.45) is -3.55. The Kier molecular flexibility index (Phi) is 6.58. The van der Waals surface area contributed by atoms with Crippen LogP contribution in [-0.2, 0) is 33.5 Å². The molecule has 1 aromatic carbocycles. The Morgan fingerprint density at radius 3 is 2.56 bits per heavy atom. The summed E-state index contributed by atoms with van der Waals surface area (Å²) in [5, 5.41) is 4.29. The van der Waals surface area contributed by atoms with E-state index >= 15 is 0 Å². The summed E-state index contributed by atoms with van der Waals surface area (Å²) in [6.45, 7) is -0.687. The van der Waals surface area contributed by atoms with E-state index in [0.29, 0.717) is 5.76 Å². The maximum Gasteiger partial charge on any atom is 0.416 e. The van der Waals surface area contributed by atoms with Crippen molar-refractivity contribution in [3.8, 4) is 0 Å². The molecule has 0 saturated heterocycles. The first kappa shape index (κ1) is 20.0. The van der Waals surface area contributed by atoms with Crippen LogP contribution >= 0.6 is 0 Å². The van der Waals surface area contributed by atoms with Crippen molar-refractivity contribution in [1.29, 1.82) is 0 Å². The fraction of sp³-hybridized carbons (Fsp3) is 0.235. The number of alkyl halides is 3. The van der Waals surface area contributed by atoms with Gasteiger partial charge < -0.3 is 14.5 Å². The van der Waals surface area contributed by atoms with E-state index in [4.69, 9.17) is 4.42 Å². The first-order valence-electron chi connectivity index (χ1n) is 7.66. The standard InChI is InChI=1S/C17H15F3N2O5/c18-17(19,20)12-4-1-3-11(7-12)8-15(24)27-10-14(23)22-16(25)21-9-13-5-2-6-26-13/h1-7H,8-10H2,(H2,21,22,23,25). The Morgan fingerprint density at radius 1 is 1.11 bits per heavy atom. The third-order valence-corrected chi connectivity index (χ3v) is 3.22. The van der Waals surface area contributed by atoms with Crippen LogP contribution in [0.4, 0.5) is 18.0 Å². The number of furan rings is 1. The second-order valence-corrected chi connectivity index (χ2v) is 5.35. The Morgan fingerprint density at radius 2 is 1.89 bits per heavy atom. The minimum absolute atomic E-state index is 0.0570. The maximum absolute atomic E-state index is 12.6. The molecule has 7 nitrogen and oxygen atoms in total. The van der Waals surface area contributed by atoms with Crippen LogP contribution in [-0.4, -0.2) is 24.5 Å². The largest absolute Gasteiger partial charge is 0.467 e. The van der Waals surface area contributed by atoms with Crippen LogP contribution in [0.3, 0.4) is 0 Å². The molecule has 0 atom stereocenters. The Balaban J connectivity index is 1.73. The number of urea groups is 1. The topological polar surface area (TPSA) is 97.6 Å². The number of ether oxygens (including phenoxy) is 1. The number of carbonyl (C=O) groups excluding carboxylic acids is 3. The van der Waals surface area contributed by atoms with Crippen molar-refractivity contribution in [1.82, 2.24) is 10.6 Å². The zero-order chi connectivity index (χ0) is 19.9. The van der Waals surface area contributed by atoms with E-state index in [2.05, 4.69) is 10.1 Å². The highest BCUT2D eigenvalue weighted by atomic mass is 19.4. The van der Waals surface area contributed by atoms with E-state index in [9.17, 15) is 27.6 Å². The van der Waals surface area contributed by atoms with Crippen LogP contribution in [0.25, 0.3) is 0 Å². The molecule has 0 saturated carbocycles. The SMILES string of the molecule is O=C(COC(=O)Cc1cccc(C(F)(F)F)c1)NC(=O)NCc1ccco1. The number of nitrogens with one attached hydrogen (secondary N) is 2. The van der Waals surface area contributed by atoms with Gasteiger partial charge in [-0.15, -0.1) is 0 Å². The molecular weight excluding hydrogens is 369 g/mol. The van der Waals surface area contributed by atoms with Gasteiger partial charge in [0, 0.05) is 0 Å². The number of esters is 1. The molecule has 1 heterocycles. The molecule has 144 valence electrons. The predicted molar refractivity (Wildman–Crippen MR) is 85.2 cm³/mol. The van der Waals surface area contributed by atoms with Gasteiger partial charge in [-0.2, -0.15) is 13.2 Å². The van der Waals surface area contributed by atoms with Crippen molar-refractivity contribution in [2.45, 2.75) is 19.1 Å². The summed E-state index contributed by atoms with van der Waals surface area (Å²) in [5.74, 6) is -1.31. The lowest BCUT2D eigenvalue weighted by Gasteiger charge is -2.09. The van der Waals surface area contributed by atoms with Crippen LogP contribution in [0.2, 0.25) is 0 Å². The van der Waals surface area contributed by atoms with Crippen LogP contribution in [0.1, 0.15) is 16.9 Å². The van der Waals surface area contributed by atoms with Gasteiger partial charge in [-0.25, -0.2) is 4.79 Å². The lowest BCUT2D eigenvalue weighted by Crippen LogP contribution is -2.41. The first-order chi connectivity index (χ1) is 12.7. The van der Waals surface area contributed by atoms with Crippen molar-refractivity contribution in [3.05, 3.63) is 59.5 Å².